The summed E-state index contributed by atoms with van der Waals surface area (Å²) < 4.78 is 55.5. The molecule has 0 fully saturated rings. The number of aromatic nitrogens is 1. The van der Waals surface area contributed by atoms with Crippen LogP contribution in [0, 0.1) is 0 Å². The van der Waals surface area contributed by atoms with Gasteiger partial charge in [-0.05, 0) is 61.5 Å². The number of sulfonamides is 2. The molecule has 1 atom stereocenters. The minimum absolute atomic E-state index is 0.110. The van der Waals surface area contributed by atoms with Crippen LogP contribution < -0.4 is 19.5 Å². The predicted octanol–water partition coefficient (Wildman–Crippen LogP) is 1.90. The molecular formula is C22H28N4O6S2. The molecule has 0 amide bonds. The van der Waals surface area contributed by atoms with E-state index < -0.39 is 26.2 Å². The normalized spacial score (nSPS) is 12.9. The molecule has 0 aliphatic rings. The van der Waals surface area contributed by atoms with Gasteiger partial charge in [-0.3, -0.25) is 14.4 Å². The number of nitrogens with zero attached hydrogens (tertiary/aromatic N) is 1. The molecule has 2 aromatic carbocycles. The maximum absolute atomic E-state index is 11.4. The smallest absolute Gasteiger partial charge is 0.229 e. The SMILES string of the molecule is CS(=O)(=O)Nc1ccc(OCC(O)CCNCc2ccc3cc(NS(C)(=O)=O)ccc3n2)cc1. The van der Waals surface area contributed by atoms with Crippen LogP contribution in [0.15, 0.2) is 54.6 Å². The van der Waals surface area contributed by atoms with Crippen LogP contribution in [0.3, 0.4) is 0 Å². The Kier molecular flexibility index (Phi) is 8.31. The lowest BCUT2D eigenvalue weighted by atomic mass is 10.2. The van der Waals surface area contributed by atoms with Crippen molar-refractivity contribution in [1.29, 1.82) is 0 Å². The molecule has 0 bridgehead atoms. The van der Waals surface area contributed by atoms with Crippen molar-refractivity contribution in [3.05, 3.63) is 60.3 Å². The fourth-order valence-corrected chi connectivity index (χ4v) is 4.26. The largest absolute Gasteiger partial charge is 0.491 e. The number of nitrogens with one attached hydrogen (secondary N) is 3. The molecule has 34 heavy (non-hydrogen) atoms. The van der Waals surface area contributed by atoms with Gasteiger partial charge < -0.3 is 15.2 Å². The van der Waals surface area contributed by atoms with Crippen molar-refractivity contribution in [2.75, 3.05) is 35.1 Å². The summed E-state index contributed by atoms with van der Waals surface area (Å²) in [5.74, 6) is 0.529. The molecular weight excluding hydrogens is 480 g/mol. The van der Waals surface area contributed by atoms with Crippen molar-refractivity contribution < 1.29 is 26.7 Å². The second kappa shape index (κ2) is 11.0. The van der Waals surface area contributed by atoms with Gasteiger partial charge in [-0.1, -0.05) is 6.07 Å². The zero-order valence-electron chi connectivity index (χ0n) is 18.9. The minimum Gasteiger partial charge on any atom is -0.491 e. The number of pyridine rings is 1. The van der Waals surface area contributed by atoms with Gasteiger partial charge in [0.15, 0.2) is 0 Å². The number of benzene rings is 2. The third-order valence-electron chi connectivity index (χ3n) is 4.61. The molecule has 4 N–H and O–H groups in total. The number of aliphatic hydroxyl groups excluding tert-OH is 1. The van der Waals surface area contributed by atoms with Gasteiger partial charge in [0, 0.05) is 23.3 Å². The molecule has 0 radical (unpaired) electrons. The van der Waals surface area contributed by atoms with E-state index in [9.17, 15) is 21.9 Å². The van der Waals surface area contributed by atoms with Crippen LogP contribution in [0.5, 0.6) is 5.75 Å². The Morgan fingerprint density at radius 1 is 0.912 bits per heavy atom. The van der Waals surface area contributed by atoms with Crippen molar-refractivity contribution >= 4 is 42.3 Å². The summed E-state index contributed by atoms with van der Waals surface area (Å²) in [6.45, 7) is 1.18. The van der Waals surface area contributed by atoms with Gasteiger partial charge in [0.05, 0.1) is 29.8 Å². The van der Waals surface area contributed by atoms with E-state index in [0.717, 1.165) is 29.1 Å². The summed E-state index contributed by atoms with van der Waals surface area (Å²) in [4.78, 5) is 4.56. The lowest BCUT2D eigenvalue weighted by molar-refractivity contribution is 0.0998. The van der Waals surface area contributed by atoms with Gasteiger partial charge >= 0.3 is 0 Å². The van der Waals surface area contributed by atoms with Crippen molar-refractivity contribution in [2.24, 2.45) is 0 Å². The first-order valence-electron chi connectivity index (χ1n) is 10.4. The zero-order chi connectivity index (χ0) is 24.8. The first-order chi connectivity index (χ1) is 16.0. The number of aliphatic hydroxyl groups is 1. The van der Waals surface area contributed by atoms with Crippen molar-refractivity contribution in [3.63, 3.8) is 0 Å². The van der Waals surface area contributed by atoms with E-state index in [1.165, 1.54) is 0 Å². The minimum atomic E-state index is -3.34. The quantitative estimate of drug-likeness (QED) is 0.271. The molecule has 0 spiro atoms. The molecule has 10 nitrogen and oxygen atoms in total. The van der Waals surface area contributed by atoms with Crippen LogP contribution in [-0.4, -0.2) is 58.7 Å². The number of rotatable bonds is 12. The lowest BCUT2D eigenvalue weighted by Crippen LogP contribution is -2.24. The summed E-state index contributed by atoms with van der Waals surface area (Å²) in [5.41, 5.74) is 2.50. The molecule has 0 saturated heterocycles. The molecule has 1 aromatic heterocycles. The summed E-state index contributed by atoms with van der Waals surface area (Å²) in [6.07, 6.45) is 1.98. The predicted molar refractivity (Wildman–Crippen MR) is 133 cm³/mol. The number of ether oxygens (including phenoxy) is 1. The molecule has 0 aliphatic carbocycles. The Morgan fingerprint density at radius 3 is 2.24 bits per heavy atom. The van der Waals surface area contributed by atoms with Crippen LogP contribution in [-0.2, 0) is 26.6 Å². The molecule has 1 unspecified atom stereocenters. The van der Waals surface area contributed by atoms with Crippen molar-refractivity contribution in [2.45, 2.75) is 19.1 Å². The van der Waals surface area contributed by atoms with E-state index in [1.54, 1.807) is 42.5 Å². The van der Waals surface area contributed by atoms with Gasteiger partial charge in [0.25, 0.3) is 0 Å². The highest BCUT2D eigenvalue weighted by atomic mass is 32.2. The first kappa shape index (κ1) is 25.7. The maximum Gasteiger partial charge on any atom is 0.229 e. The molecule has 1 heterocycles. The third kappa shape index (κ3) is 8.78. The maximum atomic E-state index is 11.4. The number of hydrogen-bond donors (Lipinski definition) is 4. The summed E-state index contributed by atoms with van der Waals surface area (Å²) in [6, 6.07) is 15.3. The number of hydrogen-bond acceptors (Lipinski definition) is 8. The summed E-state index contributed by atoms with van der Waals surface area (Å²) in [5, 5.41) is 14.2. The van der Waals surface area contributed by atoms with Crippen molar-refractivity contribution in [1.82, 2.24) is 10.3 Å². The topological polar surface area (TPSA) is 147 Å². The molecule has 0 saturated carbocycles. The Morgan fingerprint density at radius 2 is 1.56 bits per heavy atom. The highest BCUT2D eigenvalue weighted by Crippen LogP contribution is 2.19. The van der Waals surface area contributed by atoms with Gasteiger partial charge in [0.2, 0.25) is 20.0 Å². The van der Waals surface area contributed by atoms with Crippen molar-refractivity contribution in [3.8, 4) is 5.75 Å². The Hall–Kier alpha value is -2.93. The molecule has 184 valence electrons. The average Bonchev–Trinajstić information content (AvgIpc) is 2.74. The van der Waals surface area contributed by atoms with Gasteiger partial charge in [-0.2, -0.15) is 0 Å². The Labute approximate surface area is 199 Å². The third-order valence-corrected chi connectivity index (χ3v) is 5.82. The monoisotopic (exact) mass is 508 g/mol. The van der Waals surface area contributed by atoms with Crippen LogP contribution in [0.25, 0.3) is 10.9 Å². The second-order valence-corrected chi connectivity index (χ2v) is 11.4. The summed E-state index contributed by atoms with van der Waals surface area (Å²) in [7, 11) is -6.67. The van der Waals surface area contributed by atoms with Gasteiger partial charge in [-0.15, -0.1) is 0 Å². The van der Waals surface area contributed by atoms with Crippen LogP contribution in [0.4, 0.5) is 11.4 Å². The second-order valence-electron chi connectivity index (χ2n) is 7.91. The fourth-order valence-electron chi connectivity index (χ4n) is 3.14. The lowest BCUT2D eigenvalue weighted by Gasteiger charge is -2.13. The molecule has 0 aliphatic heterocycles. The first-order valence-corrected chi connectivity index (χ1v) is 14.2. The van der Waals surface area contributed by atoms with Crippen LogP contribution in [0.1, 0.15) is 12.1 Å². The molecule has 3 rings (SSSR count). The average molecular weight is 509 g/mol. The van der Waals surface area contributed by atoms with Crippen LogP contribution in [0.2, 0.25) is 0 Å². The van der Waals surface area contributed by atoms with E-state index in [0.29, 0.717) is 36.6 Å². The van der Waals surface area contributed by atoms with E-state index >= 15 is 0 Å². The number of anilines is 2. The Bertz CT molecular complexity index is 1330. The van der Waals surface area contributed by atoms with E-state index in [1.807, 2.05) is 12.1 Å². The Balaban J connectivity index is 1.41. The zero-order valence-corrected chi connectivity index (χ0v) is 20.5. The van der Waals surface area contributed by atoms with Crippen LogP contribution >= 0.6 is 0 Å². The van der Waals surface area contributed by atoms with E-state index in [2.05, 4.69) is 19.7 Å². The van der Waals surface area contributed by atoms with E-state index in [4.69, 9.17) is 4.74 Å². The molecule has 3 aromatic rings. The van der Waals surface area contributed by atoms with Gasteiger partial charge in [0.1, 0.15) is 12.4 Å². The molecule has 12 heteroatoms. The standard InChI is InChI=1S/C22H28N4O6S2/c1-33(28,29)25-17-5-8-21(9-6-17)32-15-20(27)11-12-23-14-19-4-3-16-13-18(26-34(2,30)31)7-10-22(16)24-19/h3-10,13,20,23,25-27H,11-12,14-15H2,1-2H3. The van der Waals surface area contributed by atoms with Gasteiger partial charge in [-0.25, -0.2) is 16.8 Å². The van der Waals surface area contributed by atoms with E-state index in [-0.39, 0.29) is 6.61 Å². The fraction of sp³-hybridized carbons (Fsp3) is 0.318. The highest BCUT2D eigenvalue weighted by molar-refractivity contribution is 7.92. The number of fused-ring (bicyclic) bond motifs is 1. The highest BCUT2D eigenvalue weighted by Gasteiger charge is 2.08. The summed E-state index contributed by atoms with van der Waals surface area (Å²) >= 11 is 0.